The Morgan fingerprint density at radius 3 is 2.67 bits per heavy atom. The third-order valence-electron chi connectivity index (χ3n) is 3.06. The fraction of sp³-hybridized carbons (Fsp3) is 0.200. The minimum atomic E-state index is 0.850. The smallest absolute Gasteiger partial charge is 0.113 e. The summed E-state index contributed by atoms with van der Waals surface area (Å²) in [6.07, 6.45) is 0. The molecule has 0 aliphatic heterocycles. The SMILES string of the molecule is [B]c1cc(CN(C)C)c2sc3ccccc3c2c1. The number of fused-ring (bicyclic) bond motifs is 3. The summed E-state index contributed by atoms with van der Waals surface area (Å²) in [6.45, 7) is 0.925. The minimum Gasteiger partial charge on any atom is -0.305 e. The van der Waals surface area contributed by atoms with Gasteiger partial charge < -0.3 is 4.90 Å². The van der Waals surface area contributed by atoms with Crippen LogP contribution in [0, 0.1) is 0 Å². The van der Waals surface area contributed by atoms with E-state index < -0.39 is 0 Å². The third kappa shape index (κ3) is 1.94. The van der Waals surface area contributed by atoms with Crippen LogP contribution >= 0.6 is 11.3 Å². The van der Waals surface area contributed by atoms with E-state index >= 15 is 0 Å². The number of thiophene rings is 1. The van der Waals surface area contributed by atoms with Crippen LogP contribution in [0.1, 0.15) is 5.56 Å². The van der Waals surface area contributed by atoms with Crippen LogP contribution in [0.15, 0.2) is 36.4 Å². The molecule has 0 unspecified atom stereocenters. The first-order chi connectivity index (χ1) is 8.65. The third-order valence-corrected chi connectivity index (χ3v) is 4.33. The first-order valence-electron chi connectivity index (χ1n) is 5.99. The molecule has 1 nitrogen and oxygen atoms in total. The predicted molar refractivity (Wildman–Crippen MR) is 82.1 cm³/mol. The molecule has 0 N–H and O–H groups in total. The lowest BCUT2D eigenvalue weighted by molar-refractivity contribution is 0.404. The summed E-state index contributed by atoms with van der Waals surface area (Å²) in [7, 11) is 10.2. The highest BCUT2D eigenvalue weighted by Gasteiger charge is 2.09. The fourth-order valence-electron chi connectivity index (χ4n) is 2.38. The van der Waals surface area contributed by atoms with Gasteiger partial charge in [0.15, 0.2) is 0 Å². The first-order valence-corrected chi connectivity index (χ1v) is 6.81. The number of rotatable bonds is 2. The second-order valence-corrected chi connectivity index (χ2v) is 5.94. The van der Waals surface area contributed by atoms with Crippen LogP contribution in [-0.2, 0) is 6.54 Å². The molecular weight excluding hydrogens is 237 g/mol. The number of benzene rings is 2. The lowest BCUT2D eigenvalue weighted by Crippen LogP contribution is -2.13. The fourth-order valence-corrected chi connectivity index (χ4v) is 3.57. The van der Waals surface area contributed by atoms with Crippen molar-refractivity contribution in [2.45, 2.75) is 6.54 Å². The number of nitrogens with zero attached hydrogens (tertiary/aromatic N) is 1. The van der Waals surface area contributed by atoms with Gasteiger partial charge in [0.05, 0.1) is 0 Å². The van der Waals surface area contributed by atoms with E-state index in [0.717, 1.165) is 12.0 Å². The molecule has 0 aliphatic rings. The van der Waals surface area contributed by atoms with Crippen molar-refractivity contribution < 1.29 is 0 Å². The van der Waals surface area contributed by atoms with E-state index in [-0.39, 0.29) is 0 Å². The molecule has 3 heteroatoms. The zero-order valence-corrected chi connectivity index (χ0v) is 11.4. The second-order valence-electron chi connectivity index (χ2n) is 4.89. The molecule has 2 radical (unpaired) electrons. The van der Waals surface area contributed by atoms with Crippen molar-refractivity contribution in [2.75, 3.05) is 14.1 Å². The summed E-state index contributed by atoms with van der Waals surface area (Å²) >= 11 is 1.86. The largest absolute Gasteiger partial charge is 0.305 e. The molecule has 0 bridgehead atoms. The molecular formula is C15H14BNS. The average molecular weight is 251 g/mol. The molecule has 2 aromatic carbocycles. The monoisotopic (exact) mass is 251 g/mol. The molecule has 0 atom stereocenters. The maximum atomic E-state index is 6.04. The van der Waals surface area contributed by atoms with Crippen molar-refractivity contribution in [3.05, 3.63) is 42.0 Å². The normalized spacial score (nSPS) is 11.7. The van der Waals surface area contributed by atoms with Crippen LogP contribution in [0.2, 0.25) is 0 Å². The highest BCUT2D eigenvalue weighted by Crippen LogP contribution is 2.35. The van der Waals surface area contributed by atoms with Gasteiger partial charge >= 0.3 is 0 Å². The van der Waals surface area contributed by atoms with E-state index in [0.29, 0.717) is 0 Å². The summed E-state index contributed by atoms with van der Waals surface area (Å²) in [5.41, 5.74) is 2.17. The summed E-state index contributed by atoms with van der Waals surface area (Å²) in [6, 6.07) is 12.7. The Bertz CT molecular complexity index is 715. The highest BCUT2D eigenvalue weighted by molar-refractivity contribution is 7.26. The van der Waals surface area contributed by atoms with Gasteiger partial charge in [-0.3, -0.25) is 0 Å². The van der Waals surface area contributed by atoms with E-state index in [1.54, 1.807) is 0 Å². The molecule has 1 heterocycles. The van der Waals surface area contributed by atoms with Gasteiger partial charge in [0.25, 0.3) is 0 Å². The van der Waals surface area contributed by atoms with Gasteiger partial charge in [0, 0.05) is 26.7 Å². The van der Waals surface area contributed by atoms with Crippen molar-refractivity contribution in [2.24, 2.45) is 0 Å². The molecule has 0 aliphatic carbocycles. The predicted octanol–water partition coefficient (Wildman–Crippen LogP) is 2.91. The Balaban J connectivity index is 2.36. The van der Waals surface area contributed by atoms with Crippen molar-refractivity contribution in [3.63, 3.8) is 0 Å². The Hall–Kier alpha value is -1.32. The summed E-state index contributed by atoms with van der Waals surface area (Å²) in [5.74, 6) is 0. The summed E-state index contributed by atoms with van der Waals surface area (Å²) in [5, 5.41) is 2.59. The van der Waals surface area contributed by atoms with Gasteiger partial charge in [-0.15, -0.1) is 11.3 Å². The van der Waals surface area contributed by atoms with Gasteiger partial charge in [0.1, 0.15) is 7.85 Å². The van der Waals surface area contributed by atoms with Crippen molar-refractivity contribution >= 4 is 44.8 Å². The molecule has 0 saturated carbocycles. The Morgan fingerprint density at radius 1 is 1.11 bits per heavy atom. The molecule has 1 aromatic heterocycles. The van der Waals surface area contributed by atoms with Gasteiger partial charge in [-0.1, -0.05) is 35.8 Å². The van der Waals surface area contributed by atoms with E-state index in [9.17, 15) is 0 Å². The summed E-state index contributed by atoms with van der Waals surface area (Å²) < 4.78 is 2.69. The Morgan fingerprint density at radius 2 is 1.89 bits per heavy atom. The maximum absolute atomic E-state index is 6.04. The molecule has 88 valence electrons. The van der Waals surface area contributed by atoms with Crippen molar-refractivity contribution in [1.29, 1.82) is 0 Å². The van der Waals surface area contributed by atoms with Crippen LogP contribution in [0.5, 0.6) is 0 Å². The summed E-state index contributed by atoms with van der Waals surface area (Å²) in [4.78, 5) is 2.18. The van der Waals surface area contributed by atoms with Gasteiger partial charge in [-0.05, 0) is 25.7 Å². The molecule has 3 rings (SSSR count). The van der Waals surface area contributed by atoms with Crippen LogP contribution < -0.4 is 5.46 Å². The zero-order chi connectivity index (χ0) is 12.7. The standard InChI is InChI=1S/C15H14BNS/c1-17(2)9-10-7-11(16)8-13-12-5-3-4-6-14(12)18-15(10)13/h3-8H,9H2,1-2H3. The molecule has 18 heavy (non-hydrogen) atoms. The lowest BCUT2D eigenvalue weighted by atomic mass is 9.92. The molecule has 0 amide bonds. The van der Waals surface area contributed by atoms with E-state index in [1.807, 2.05) is 11.3 Å². The molecule has 0 saturated heterocycles. The molecule has 0 spiro atoms. The average Bonchev–Trinajstić information content (AvgIpc) is 2.67. The Labute approximate surface area is 112 Å². The minimum absolute atomic E-state index is 0.850. The van der Waals surface area contributed by atoms with Crippen LogP contribution in [0.4, 0.5) is 0 Å². The number of hydrogen-bond donors (Lipinski definition) is 0. The van der Waals surface area contributed by atoms with Gasteiger partial charge in [0.2, 0.25) is 0 Å². The van der Waals surface area contributed by atoms with Crippen LogP contribution in [-0.4, -0.2) is 26.8 Å². The van der Waals surface area contributed by atoms with Gasteiger partial charge in [-0.25, -0.2) is 0 Å². The van der Waals surface area contributed by atoms with Crippen LogP contribution in [0.25, 0.3) is 20.2 Å². The Kier molecular flexibility index (Phi) is 2.88. The van der Waals surface area contributed by atoms with E-state index in [2.05, 4.69) is 55.4 Å². The highest BCUT2D eigenvalue weighted by atomic mass is 32.1. The topological polar surface area (TPSA) is 3.24 Å². The van der Waals surface area contributed by atoms with Gasteiger partial charge in [-0.2, -0.15) is 0 Å². The second kappa shape index (κ2) is 4.41. The van der Waals surface area contributed by atoms with Crippen molar-refractivity contribution in [3.8, 4) is 0 Å². The van der Waals surface area contributed by atoms with E-state index in [4.69, 9.17) is 7.85 Å². The van der Waals surface area contributed by atoms with E-state index in [1.165, 1.54) is 25.7 Å². The number of hydrogen-bond acceptors (Lipinski definition) is 2. The molecule has 3 aromatic rings. The quantitative estimate of drug-likeness (QED) is 0.633. The molecule has 0 fully saturated rings. The van der Waals surface area contributed by atoms with Crippen molar-refractivity contribution in [1.82, 2.24) is 4.90 Å². The zero-order valence-electron chi connectivity index (χ0n) is 10.6. The maximum Gasteiger partial charge on any atom is 0.113 e. The van der Waals surface area contributed by atoms with Crippen LogP contribution in [0.3, 0.4) is 0 Å². The lowest BCUT2D eigenvalue weighted by Gasteiger charge is -2.11. The first kappa shape index (κ1) is 11.8.